The standard InChI is InChI=1S/C38H52N4O9S/c1-23(2)50-33-18-32(27-13-14-31(49-5)24(3)34(27)40-33)51-26-17-29-30(44)20-38(36(46)41-52(47,48)37(4)15-16-37)19-25(38)11-9-7-6-8-10-12-28(39-22-43)35(45)42(29)21-26/h9,11,13-14,18,23,25-26,28-29,39,43H,6-8,10,12,15-17,19-22H2,1-5H3,(H,41,46)/b11-9-/t25-,26-,28+,29+,38-/m1/s1. The van der Waals surface area contributed by atoms with E-state index in [4.69, 9.17) is 19.2 Å². The number of amides is 2. The van der Waals surface area contributed by atoms with E-state index in [0.717, 1.165) is 31.2 Å². The predicted molar refractivity (Wildman–Crippen MR) is 194 cm³/mol. The molecule has 4 aliphatic rings. The molecule has 3 fully saturated rings. The molecule has 52 heavy (non-hydrogen) atoms. The van der Waals surface area contributed by atoms with Gasteiger partial charge >= 0.3 is 0 Å². The predicted octanol–water partition coefficient (Wildman–Crippen LogP) is 4.08. The van der Waals surface area contributed by atoms with Gasteiger partial charge in [-0.05, 0) is 84.3 Å². The van der Waals surface area contributed by atoms with Gasteiger partial charge in [0.15, 0.2) is 5.78 Å². The van der Waals surface area contributed by atoms with Crippen molar-refractivity contribution in [2.75, 3.05) is 20.4 Å². The number of fused-ring (bicyclic) bond motifs is 3. The summed E-state index contributed by atoms with van der Waals surface area (Å²) in [5.41, 5.74) is 0.204. The van der Waals surface area contributed by atoms with Gasteiger partial charge in [-0.3, -0.25) is 24.4 Å². The highest BCUT2D eigenvalue weighted by molar-refractivity contribution is 7.91. The molecule has 0 bridgehead atoms. The van der Waals surface area contributed by atoms with E-state index in [1.54, 1.807) is 20.1 Å². The molecule has 0 radical (unpaired) electrons. The van der Waals surface area contributed by atoms with Crippen LogP contribution >= 0.6 is 0 Å². The third kappa shape index (κ3) is 7.65. The zero-order valence-electron chi connectivity index (χ0n) is 30.8. The largest absolute Gasteiger partial charge is 0.496 e. The zero-order chi connectivity index (χ0) is 37.4. The van der Waals surface area contributed by atoms with Gasteiger partial charge in [-0.15, -0.1) is 0 Å². The summed E-state index contributed by atoms with van der Waals surface area (Å²) in [4.78, 5) is 48.8. The van der Waals surface area contributed by atoms with Crippen LogP contribution in [0.4, 0.5) is 0 Å². The van der Waals surface area contributed by atoms with Crippen LogP contribution in [0.15, 0.2) is 30.4 Å². The lowest BCUT2D eigenvalue weighted by molar-refractivity contribution is -0.141. The number of hydrogen-bond acceptors (Lipinski definition) is 11. The number of nitrogens with one attached hydrogen (secondary N) is 2. The van der Waals surface area contributed by atoms with E-state index in [1.807, 2.05) is 45.1 Å². The number of sulfonamides is 1. The molecule has 2 aromatic rings. The highest BCUT2D eigenvalue weighted by atomic mass is 32.2. The molecular formula is C38H52N4O9S. The molecule has 5 atom stereocenters. The number of allylic oxidation sites excluding steroid dienone is 2. The Labute approximate surface area is 305 Å². The number of aliphatic hydroxyl groups is 1. The lowest BCUT2D eigenvalue weighted by Gasteiger charge is -2.29. The lowest BCUT2D eigenvalue weighted by Crippen LogP contribution is -2.51. The highest BCUT2D eigenvalue weighted by Gasteiger charge is 2.62. The molecule has 2 aliphatic heterocycles. The van der Waals surface area contributed by atoms with Gasteiger partial charge in [0.1, 0.15) is 17.6 Å². The van der Waals surface area contributed by atoms with Crippen molar-refractivity contribution in [2.45, 2.75) is 121 Å². The van der Waals surface area contributed by atoms with Crippen molar-refractivity contribution in [1.29, 1.82) is 0 Å². The minimum atomic E-state index is -3.92. The fourth-order valence-corrected chi connectivity index (χ4v) is 8.94. The number of rotatable bonds is 10. The van der Waals surface area contributed by atoms with Crippen LogP contribution in [0.3, 0.4) is 0 Å². The summed E-state index contributed by atoms with van der Waals surface area (Å²) in [5, 5.41) is 13.4. The van der Waals surface area contributed by atoms with E-state index in [9.17, 15) is 27.9 Å². The van der Waals surface area contributed by atoms with Gasteiger partial charge in [0, 0.05) is 29.9 Å². The number of pyridine rings is 1. The van der Waals surface area contributed by atoms with E-state index < -0.39 is 51.0 Å². The van der Waals surface area contributed by atoms with Gasteiger partial charge in [0.05, 0.1) is 54.3 Å². The van der Waals surface area contributed by atoms with Crippen LogP contribution in [0, 0.1) is 18.3 Å². The van der Waals surface area contributed by atoms with Crippen molar-refractivity contribution in [3.8, 4) is 17.4 Å². The topological polar surface area (TPSA) is 173 Å². The molecule has 2 aliphatic carbocycles. The first-order valence-electron chi connectivity index (χ1n) is 18.4. The molecule has 2 amide bonds. The van der Waals surface area contributed by atoms with Crippen molar-refractivity contribution >= 4 is 38.5 Å². The number of nitrogens with zero attached hydrogens (tertiary/aromatic N) is 2. The Hall–Kier alpha value is -3.75. The molecule has 3 N–H and O–H groups in total. The molecular weight excluding hydrogens is 689 g/mol. The Morgan fingerprint density at radius 3 is 2.62 bits per heavy atom. The van der Waals surface area contributed by atoms with Crippen molar-refractivity contribution in [2.24, 2.45) is 11.3 Å². The maximum atomic E-state index is 14.4. The average Bonchev–Trinajstić information content (AvgIpc) is 3.97. The smallest absolute Gasteiger partial charge is 0.240 e. The number of aliphatic hydroxyl groups excluding tert-OH is 1. The normalized spacial score (nSPS) is 28.3. The second kappa shape index (κ2) is 14.9. The third-order valence-electron chi connectivity index (χ3n) is 11.2. The van der Waals surface area contributed by atoms with Crippen molar-refractivity contribution in [3.63, 3.8) is 0 Å². The summed E-state index contributed by atoms with van der Waals surface area (Å²) in [5.74, 6) is -0.130. The van der Waals surface area contributed by atoms with Crippen LogP contribution in [0.1, 0.15) is 90.5 Å². The number of methoxy groups -OCH3 is 1. The fraction of sp³-hybridized carbons (Fsp3) is 0.632. The van der Waals surface area contributed by atoms with E-state index in [1.165, 1.54) is 4.90 Å². The number of carbonyl (C=O) groups excluding carboxylic acids is 3. The Kier molecular flexibility index (Phi) is 10.9. The second-order valence-electron chi connectivity index (χ2n) is 15.4. The number of ether oxygens (including phenoxy) is 3. The number of hydrogen-bond donors (Lipinski definition) is 3. The molecule has 1 saturated heterocycles. The third-order valence-corrected chi connectivity index (χ3v) is 13.3. The number of Topliss-reactive ketones (excluding diaryl/α,β-unsaturated/α-hetero) is 1. The molecule has 0 spiro atoms. The Balaban J connectivity index is 1.33. The highest BCUT2D eigenvalue weighted by Crippen LogP contribution is 2.57. The number of aromatic nitrogens is 1. The van der Waals surface area contributed by atoms with Crippen LogP contribution in [0.25, 0.3) is 10.9 Å². The molecule has 284 valence electrons. The van der Waals surface area contributed by atoms with Gasteiger partial charge in [-0.2, -0.15) is 0 Å². The Morgan fingerprint density at radius 2 is 1.92 bits per heavy atom. The average molecular weight is 741 g/mol. The van der Waals surface area contributed by atoms with Gasteiger partial charge < -0.3 is 24.2 Å². The minimum Gasteiger partial charge on any atom is -0.496 e. The molecule has 3 heterocycles. The molecule has 1 aromatic carbocycles. The first-order chi connectivity index (χ1) is 24.7. The molecule has 2 saturated carbocycles. The van der Waals surface area contributed by atoms with E-state index in [0.29, 0.717) is 54.0 Å². The van der Waals surface area contributed by atoms with Crippen LogP contribution in [-0.4, -0.2) is 90.4 Å². The van der Waals surface area contributed by atoms with Gasteiger partial charge in [0.2, 0.25) is 27.7 Å². The summed E-state index contributed by atoms with van der Waals surface area (Å²) in [6, 6.07) is 3.75. The summed E-state index contributed by atoms with van der Waals surface area (Å²) in [7, 11) is -2.33. The Bertz CT molecular complexity index is 1840. The molecule has 14 heteroatoms. The summed E-state index contributed by atoms with van der Waals surface area (Å²) >= 11 is 0. The number of aryl methyl sites for hydroxylation is 1. The maximum absolute atomic E-state index is 14.4. The quantitative estimate of drug-likeness (QED) is 0.237. The summed E-state index contributed by atoms with van der Waals surface area (Å²) in [6.07, 6.45) is 8.10. The Morgan fingerprint density at radius 1 is 1.15 bits per heavy atom. The van der Waals surface area contributed by atoms with Crippen LogP contribution < -0.4 is 24.2 Å². The van der Waals surface area contributed by atoms with Crippen molar-refractivity contribution in [1.82, 2.24) is 19.9 Å². The number of carbonyl (C=O) groups is 3. The monoisotopic (exact) mass is 740 g/mol. The van der Waals surface area contributed by atoms with Crippen LogP contribution in [0.2, 0.25) is 0 Å². The first-order valence-corrected chi connectivity index (χ1v) is 19.9. The van der Waals surface area contributed by atoms with Gasteiger partial charge in [0.25, 0.3) is 0 Å². The van der Waals surface area contributed by atoms with Crippen LogP contribution in [-0.2, 0) is 24.4 Å². The van der Waals surface area contributed by atoms with Crippen molar-refractivity contribution in [3.05, 3.63) is 35.9 Å². The SMILES string of the molecule is COc1ccc2c(O[C@@H]3C[C@H]4C(=O)C[C@]5(C(=O)NS(=O)(=O)C6(C)CC6)C[C@H]5/C=C\CCCCC[C@H](NCO)C(=O)N4C3)cc(OC(C)C)nc2c1C. The summed E-state index contributed by atoms with van der Waals surface area (Å²) in [6.45, 7) is 7.00. The van der Waals surface area contributed by atoms with Crippen molar-refractivity contribution < 1.29 is 42.1 Å². The first kappa shape index (κ1) is 38.0. The van der Waals surface area contributed by atoms with Gasteiger partial charge in [-0.1, -0.05) is 25.0 Å². The zero-order valence-corrected chi connectivity index (χ0v) is 31.6. The van der Waals surface area contributed by atoms with Crippen LogP contribution in [0.5, 0.6) is 17.4 Å². The fourth-order valence-electron chi connectivity index (χ4n) is 7.61. The molecule has 6 rings (SSSR count). The molecule has 13 nitrogen and oxygen atoms in total. The maximum Gasteiger partial charge on any atom is 0.240 e. The summed E-state index contributed by atoms with van der Waals surface area (Å²) < 4.78 is 45.8. The molecule has 0 unspecified atom stereocenters. The number of benzene rings is 1. The molecule has 1 aromatic heterocycles. The number of ketones is 1. The second-order valence-corrected chi connectivity index (χ2v) is 17.6. The van der Waals surface area contributed by atoms with E-state index >= 15 is 0 Å². The van der Waals surface area contributed by atoms with Gasteiger partial charge in [-0.25, -0.2) is 13.4 Å². The van der Waals surface area contributed by atoms with E-state index in [2.05, 4.69) is 10.0 Å². The lowest BCUT2D eigenvalue weighted by atomic mass is 9.91. The minimum absolute atomic E-state index is 0.0907. The van der Waals surface area contributed by atoms with E-state index in [-0.39, 0.29) is 43.1 Å².